The molecule has 6 nitrogen and oxygen atoms in total. The number of aryl methyl sites for hydroxylation is 1. The summed E-state index contributed by atoms with van der Waals surface area (Å²) in [5.41, 5.74) is 4.72. The van der Waals surface area contributed by atoms with E-state index in [1.807, 2.05) is 61.5 Å². The van der Waals surface area contributed by atoms with Crippen LogP contribution in [-0.2, 0) is 13.0 Å². The van der Waals surface area contributed by atoms with Gasteiger partial charge in [0, 0.05) is 13.1 Å². The molecule has 0 atom stereocenters. The molecule has 0 aromatic heterocycles. The second-order valence-corrected chi connectivity index (χ2v) is 8.48. The summed E-state index contributed by atoms with van der Waals surface area (Å²) in [6, 6.07) is 17.6. The number of ketones is 1. The average Bonchev–Trinajstić information content (AvgIpc) is 3.19. The van der Waals surface area contributed by atoms with Gasteiger partial charge in [0.1, 0.15) is 18.2 Å². The summed E-state index contributed by atoms with van der Waals surface area (Å²) < 4.78 is 22.9. The summed E-state index contributed by atoms with van der Waals surface area (Å²) in [6.07, 6.45) is 2.65. The lowest BCUT2D eigenvalue weighted by molar-refractivity contribution is 0.0949. The largest absolute Gasteiger partial charge is 0.493 e. The van der Waals surface area contributed by atoms with Crippen molar-refractivity contribution in [1.29, 1.82) is 0 Å². The minimum Gasteiger partial charge on any atom is -0.493 e. The summed E-state index contributed by atoms with van der Waals surface area (Å²) >= 11 is 0. The van der Waals surface area contributed by atoms with Gasteiger partial charge >= 0.3 is 0 Å². The van der Waals surface area contributed by atoms with Gasteiger partial charge in [0.25, 0.3) is 0 Å². The van der Waals surface area contributed by atoms with E-state index in [1.165, 1.54) is 0 Å². The van der Waals surface area contributed by atoms with Gasteiger partial charge in [-0.3, -0.25) is 9.69 Å². The van der Waals surface area contributed by atoms with E-state index in [9.17, 15) is 4.79 Å². The maximum atomic E-state index is 13.0. The number of ether oxygens (including phenoxy) is 4. The van der Waals surface area contributed by atoms with E-state index in [0.29, 0.717) is 36.1 Å². The van der Waals surface area contributed by atoms with Crippen LogP contribution in [0, 0.1) is 6.92 Å². The summed E-state index contributed by atoms with van der Waals surface area (Å²) in [5.74, 6) is 3.07. The van der Waals surface area contributed by atoms with Crippen molar-refractivity contribution in [2.45, 2.75) is 19.9 Å². The lowest BCUT2D eigenvalue weighted by Crippen LogP contribution is -2.33. The Balaban J connectivity index is 1.34. The molecule has 0 aliphatic carbocycles. The molecule has 6 heteroatoms. The van der Waals surface area contributed by atoms with Crippen molar-refractivity contribution in [3.05, 3.63) is 88.2 Å². The normalized spacial score (nSPS) is 16.0. The molecule has 0 spiro atoms. The number of methoxy groups -OCH3 is 2. The molecule has 2 heterocycles. The van der Waals surface area contributed by atoms with Crippen molar-refractivity contribution in [2.75, 3.05) is 27.5 Å². The molecule has 0 saturated heterocycles. The predicted octanol–water partition coefficient (Wildman–Crippen LogP) is 5.02. The predicted molar refractivity (Wildman–Crippen MR) is 130 cm³/mol. The van der Waals surface area contributed by atoms with E-state index >= 15 is 0 Å². The van der Waals surface area contributed by atoms with Crippen molar-refractivity contribution < 1.29 is 23.7 Å². The fourth-order valence-electron chi connectivity index (χ4n) is 4.36. The van der Waals surface area contributed by atoms with E-state index in [2.05, 4.69) is 4.90 Å². The first-order valence-corrected chi connectivity index (χ1v) is 11.3. The van der Waals surface area contributed by atoms with Crippen molar-refractivity contribution >= 4 is 11.9 Å². The molecule has 0 bridgehead atoms. The number of fused-ring (bicyclic) bond motifs is 3. The van der Waals surface area contributed by atoms with E-state index in [4.69, 9.17) is 18.9 Å². The van der Waals surface area contributed by atoms with Gasteiger partial charge in [-0.15, -0.1) is 0 Å². The van der Waals surface area contributed by atoms with Gasteiger partial charge in [0.15, 0.2) is 17.3 Å². The zero-order valence-corrected chi connectivity index (χ0v) is 19.6. The summed E-state index contributed by atoms with van der Waals surface area (Å²) in [6.45, 7) is 3.94. The monoisotopic (exact) mass is 457 g/mol. The molecule has 3 aromatic rings. The molecule has 2 aliphatic rings. The first kappa shape index (κ1) is 22.0. The van der Waals surface area contributed by atoms with Crippen LogP contribution in [0.25, 0.3) is 6.08 Å². The van der Waals surface area contributed by atoms with Gasteiger partial charge in [-0.2, -0.15) is 0 Å². The van der Waals surface area contributed by atoms with Crippen LogP contribution in [0.2, 0.25) is 0 Å². The van der Waals surface area contributed by atoms with E-state index < -0.39 is 0 Å². The second-order valence-electron chi connectivity index (χ2n) is 8.48. The fraction of sp³-hybridized carbons (Fsp3) is 0.250. The van der Waals surface area contributed by atoms with Crippen LogP contribution in [-0.4, -0.2) is 38.2 Å². The zero-order valence-electron chi connectivity index (χ0n) is 19.6. The molecule has 2 aliphatic heterocycles. The van der Waals surface area contributed by atoms with Crippen LogP contribution in [0.1, 0.15) is 32.6 Å². The second kappa shape index (κ2) is 9.23. The van der Waals surface area contributed by atoms with Gasteiger partial charge in [0.05, 0.1) is 25.3 Å². The number of carbonyl (C=O) groups is 1. The molecule has 0 radical (unpaired) electrons. The number of allylic oxidation sites excluding steroid dienone is 1. The number of hydrogen-bond acceptors (Lipinski definition) is 6. The van der Waals surface area contributed by atoms with Gasteiger partial charge in [0.2, 0.25) is 5.78 Å². The minimum absolute atomic E-state index is 0.0940. The quantitative estimate of drug-likeness (QED) is 0.485. The summed E-state index contributed by atoms with van der Waals surface area (Å²) in [4.78, 5) is 15.2. The SMILES string of the molecule is COc1ccc(CCN2COc3ccc4c(c3C2)O/C(=C\c2ccccc2C)C4=O)cc1OC. The number of nitrogens with zero attached hydrogens (tertiary/aromatic N) is 1. The lowest BCUT2D eigenvalue weighted by Gasteiger charge is -2.29. The minimum atomic E-state index is -0.0940. The van der Waals surface area contributed by atoms with Crippen LogP contribution < -0.4 is 18.9 Å². The van der Waals surface area contributed by atoms with Gasteiger partial charge in [-0.1, -0.05) is 30.3 Å². The van der Waals surface area contributed by atoms with Crippen LogP contribution in [0.4, 0.5) is 0 Å². The molecule has 3 aromatic carbocycles. The topological polar surface area (TPSA) is 57.2 Å². The third-order valence-corrected chi connectivity index (χ3v) is 6.32. The molecule has 0 N–H and O–H groups in total. The Morgan fingerprint density at radius 2 is 1.85 bits per heavy atom. The third-order valence-electron chi connectivity index (χ3n) is 6.32. The molecular formula is C28H27NO5. The molecule has 174 valence electrons. The Morgan fingerprint density at radius 3 is 2.65 bits per heavy atom. The van der Waals surface area contributed by atoms with Crippen LogP contribution >= 0.6 is 0 Å². The highest BCUT2D eigenvalue weighted by Crippen LogP contribution is 2.42. The number of carbonyl (C=O) groups excluding carboxylic acids is 1. The van der Waals surface area contributed by atoms with E-state index in [1.54, 1.807) is 20.3 Å². The molecule has 34 heavy (non-hydrogen) atoms. The molecular weight excluding hydrogens is 430 g/mol. The van der Waals surface area contributed by atoms with Crippen LogP contribution in [0.15, 0.2) is 60.4 Å². The van der Waals surface area contributed by atoms with Crippen LogP contribution in [0.3, 0.4) is 0 Å². The highest BCUT2D eigenvalue weighted by Gasteiger charge is 2.33. The van der Waals surface area contributed by atoms with Crippen LogP contribution in [0.5, 0.6) is 23.0 Å². The summed E-state index contributed by atoms with van der Waals surface area (Å²) in [5, 5.41) is 0. The molecule has 0 saturated carbocycles. The molecule has 0 fully saturated rings. The lowest BCUT2D eigenvalue weighted by atomic mass is 10.0. The van der Waals surface area contributed by atoms with Gasteiger partial charge < -0.3 is 18.9 Å². The Bertz CT molecular complexity index is 1280. The van der Waals surface area contributed by atoms with Crippen molar-refractivity contribution in [2.24, 2.45) is 0 Å². The number of Topliss-reactive ketones (excluding diaryl/α,β-unsaturated/α-hetero) is 1. The number of rotatable bonds is 6. The standard InChI is InChI=1S/C28H27NO5/c1-18-6-4-5-7-20(18)15-26-27(30)21-9-11-23-22(28(21)34-26)16-29(17-33-23)13-12-19-8-10-24(31-2)25(14-19)32-3/h4-11,14-15H,12-13,16-17H2,1-3H3/b26-15-. The van der Waals surface area contributed by atoms with Crippen molar-refractivity contribution in [1.82, 2.24) is 4.90 Å². The maximum Gasteiger partial charge on any atom is 0.231 e. The van der Waals surface area contributed by atoms with Crippen molar-refractivity contribution in [3.63, 3.8) is 0 Å². The summed E-state index contributed by atoms with van der Waals surface area (Å²) in [7, 11) is 3.27. The Kier molecular flexibility index (Phi) is 5.99. The maximum absolute atomic E-state index is 13.0. The third kappa shape index (κ3) is 4.13. The Hall–Kier alpha value is -3.77. The zero-order chi connectivity index (χ0) is 23.7. The molecule has 5 rings (SSSR count). The Labute approximate surface area is 199 Å². The van der Waals surface area contributed by atoms with E-state index in [-0.39, 0.29) is 5.78 Å². The first-order chi connectivity index (χ1) is 16.6. The average molecular weight is 458 g/mol. The number of benzene rings is 3. The Morgan fingerprint density at radius 1 is 1.03 bits per heavy atom. The van der Waals surface area contributed by atoms with Gasteiger partial charge in [-0.05, 0) is 60.4 Å². The van der Waals surface area contributed by atoms with E-state index in [0.717, 1.165) is 46.7 Å². The highest BCUT2D eigenvalue weighted by atomic mass is 16.5. The first-order valence-electron chi connectivity index (χ1n) is 11.3. The van der Waals surface area contributed by atoms with Crippen molar-refractivity contribution in [3.8, 4) is 23.0 Å². The molecule has 0 amide bonds. The fourth-order valence-corrected chi connectivity index (χ4v) is 4.36. The highest BCUT2D eigenvalue weighted by molar-refractivity contribution is 6.15. The van der Waals surface area contributed by atoms with Gasteiger partial charge in [-0.25, -0.2) is 0 Å². The molecule has 0 unspecified atom stereocenters. The number of hydrogen-bond donors (Lipinski definition) is 0. The smallest absolute Gasteiger partial charge is 0.231 e.